The Morgan fingerprint density at radius 1 is 0.800 bits per heavy atom. The Morgan fingerprint density at radius 3 is 1.89 bits per heavy atom. The predicted molar refractivity (Wildman–Crippen MR) is 134 cm³/mol. The number of likely N-dealkylation sites (tertiary alicyclic amines) is 1. The molecule has 4 rings (SSSR count). The summed E-state index contributed by atoms with van der Waals surface area (Å²) in [6, 6.07) is 20.3. The quantitative estimate of drug-likeness (QED) is 0.503. The van der Waals surface area contributed by atoms with Crippen molar-refractivity contribution in [2.45, 2.75) is 19.8 Å². The van der Waals surface area contributed by atoms with Crippen LogP contribution >= 0.6 is 0 Å². The van der Waals surface area contributed by atoms with E-state index in [0.29, 0.717) is 54.4 Å². The second-order valence-corrected chi connectivity index (χ2v) is 8.60. The standard InChI is InChI=1S/C28H30N2O5/c1-19-4-8-23(9-5-19)35-24-10-6-22(7-11-24)29-27(31)20-12-14-30(15-13-20)28(32)21-16-25(33-2)18-26(17-21)34-3/h4-11,16-18,20H,12-15H2,1-3H3,(H,29,31). The Balaban J connectivity index is 1.30. The summed E-state index contributed by atoms with van der Waals surface area (Å²) in [6.07, 6.45) is 1.21. The van der Waals surface area contributed by atoms with E-state index in [1.165, 1.54) is 5.56 Å². The first-order chi connectivity index (χ1) is 16.9. The zero-order valence-electron chi connectivity index (χ0n) is 20.2. The zero-order valence-corrected chi connectivity index (χ0v) is 20.2. The van der Waals surface area contributed by atoms with E-state index in [0.717, 1.165) is 5.75 Å². The molecule has 0 aromatic heterocycles. The van der Waals surface area contributed by atoms with Gasteiger partial charge in [0.2, 0.25) is 5.91 Å². The van der Waals surface area contributed by atoms with Gasteiger partial charge in [-0.2, -0.15) is 0 Å². The van der Waals surface area contributed by atoms with E-state index in [1.807, 2.05) is 55.5 Å². The lowest BCUT2D eigenvalue weighted by Crippen LogP contribution is -2.41. The summed E-state index contributed by atoms with van der Waals surface area (Å²) < 4.78 is 16.4. The van der Waals surface area contributed by atoms with Crippen LogP contribution < -0.4 is 19.5 Å². The molecule has 3 aromatic carbocycles. The summed E-state index contributed by atoms with van der Waals surface area (Å²) in [5, 5.41) is 2.99. The molecule has 1 saturated heterocycles. The van der Waals surface area contributed by atoms with Crippen molar-refractivity contribution in [3.8, 4) is 23.0 Å². The number of amides is 2. The molecule has 0 radical (unpaired) electrons. The lowest BCUT2D eigenvalue weighted by atomic mass is 9.95. The monoisotopic (exact) mass is 474 g/mol. The van der Waals surface area contributed by atoms with Crippen LogP contribution in [0.5, 0.6) is 23.0 Å². The smallest absolute Gasteiger partial charge is 0.254 e. The zero-order chi connectivity index (χ0) is 24.8. The van der Waals surface area contributed by atoms with Crippen LogP contribution in [0, 0.1) is 12.8 Å². The molecule has 182 valence electrons. The van der Waals surface area contributed by atoms with E-state index in [4.69, 9.17) is 14.2 Å². The molecule has 0 aliphatic carbocycles. The summed E-state index contributed by atoms with van der Waals surface area (Å²) in [4.78, 5) is 27.6. The molecule has 1 N–H and O–H groups in total. The van der Waals surface area contributed by atoms with Gasteiger partial charge in [-0.25, -0.2) is 0 Å². The largest absolute Gasteiger partial charge is 0.497 e. The Labute approximate surface area is 205 Å². The van der Waals surface area contributed by atoms with E-state index in [1.54, 1.807) is 37.3 Å². The number of rotatable bonds is 7. The average molecular weight is 475 g/mol. The molecule has 3 aromatic rings. The van der Waals surface area contributed by atoms with Crippen LogP contribution in [0.2, 0.25) is 0 Å². The second kappa shape index (κ2) is 11.0. The number of nitrogens with zero attached hydrogens (tertiary/aromatic N) is 1. The Hall–Kier alpha value is -4.00. The summed E-state index contributed by atoms with van der Waals surface area (Å²) in [6.45, 7) is 3.06. The lowest BCUT2D eigenvalue weighted by molar-refractivity contribution is -0.121. The van der Waals surface area contributed by atoms with E-state index >= 15 is 0 Å². The Bertz CT molecular complexity index is 1140. The van der Waals surface area contributed by atoms with Crippen LogP contribution in [0.4, 0.5) is 5.69 Å². The van der Waals surface area contributed by atoms with Gasteiger partial charge in [0.05, 0.1) is 14.2 Å². The van der Waals surface area contributed by atoms with Gasteiger partial charge in [-0.05, 0) is 68.3 Å². The summed E-state index contributed by atoms with van der Waals surface area (Å²) in [5.74, 6) is 2.32. The van der Waals surface area contributed by atoms with Gasteiger partial charge in [0.25, 0.3) is 5.91 Å². The number of methoxy groups -OCH3 is 2. The van der Waals surface area contributed by atoms with E-state index in [9.17, 15) is 9.59 Å². The first-order valence-corrected chi connectivity index (χ1v) is 11.6. The number of nitrogens with one attached hydrogen (secondary N) is 1. The molecule has 0 atom stereocenters. The SMILES string of the molecule is COc1cc(OC)cc(C(=O)N2CCC(C(=O)Nc3ccc(Oc4ccc(C)cc4)cc3)CC2)c1. The Morgan fingerprint density at radius 2 is 1.34 bits per heavy atom. The van der Waals surface area contributed by atoms with Crippen molar-refractivity contribution < 1.29 is 23.8 Å². The first kappa shape index (κ1) is 24.1. The lowest BCUT2D eigenvalue weighted by Gasteiger charge is -2.31. The third-order valence-corrected chi connectivity index (χ3v) is 6.13. The Kier molecular flexibility index (Phi) is 7.55. The van der Waals surface area contributed by atoms with Gasteiger partial charge >= 0.3 is 0 Å². The predicted octanol–water partition coefficient (Wildman–Crippen LogP) is 5.30. The van der Waals surface area contributed by atoms with Crippen LogP contribution in [0.3, 0.4) is 0 Å². The van der Waals surface area contributed by atoms with Gasteiger partial charge in [0.15, 0.2) is 0 Å². The molecule has 0 saturated carbocycles. The number of hydrogen-bond acceptors (Lipinski definition) is 5. The number of piperidine rings is 1. The van der Waals surface area contributed by atoms with Crippen molar-refractivity contribution in [3.63, 3.8) is 0 Å². The van der Waals surface area contributed by atoms with Crippen LogP contribution in [0.15, 0.2) is 66.7 Å². The molecule has 2 amide bonds. The van der Waals surface area contributed by atoms with Crippen LogP contribution in [0.25, 0.3) is 0 Å². The molecule has 0 spiro atoms. The van der Waals surface area contributed by atoms with Gasteiger partial charge in [-0.15, -0.1) is 0 Å². The van der Waals surface area contributed by atoms with Gasteiger partial charge in [-0.3, -0.25) is 9.59 Å². The highest BCUT2D eigenvalue weighted by atomic mass is 16.5. The van der Waals surface area contributed by atoms with Crippen molar-refractivity contribution in [2.75, 3.05) is 32.6 Å². The van der Waals surface area contributed by atoms with Crippen molar-refractivity contribution in [3.05, 3.63) is 77.9 Å². The number of ether oxygens (including phenoxy) is 3. The minimum absolute atomic E-state index is 0.0349. The minimum Gasteiger partial charge on any atom is -0.497 e. The molecule has 1 fully saturated rings. The molecular formula is C28H30N2O5. The summed E-state index contributed by atoms with van der Waals surface area (Å²) in [7, 11) is 3.11. The van der Waals surface area contributed by atoms with Crippen molar-refractivity contribution in [2.24, 2.45) is 5.92 Å². The highest BCUT2D eigenvalue weighted by Crippen LogP contribution is 2.27. The summed E-state index contributed by atoms with van der Waals surface area (Å²) in [5.41, 5.74) is 2.40. The fourth-order valence-corrected chi connectivity index (χ4v) is 4.05. The van der Waals surface area contributed by atoms with Gasteiger partial charge < -0.3 is 24.4 Å². The summed E-state index contributed by atoms with van der Waals surface area (Å²) >= 11 is 0. The van der Waals surface area contributed by atoms with Crippen LogP contribution in [0.1, 0.15) is 28.8 Å². The van der Waals surface area contributed by atoms with Crippen molar-refractivity contribution in [1.82, 2.24) is 4.90 Å². The molecule has 0 bridgehead atoms. The topological polar surface area (TPSA) is 77.1 Å². The third-order valence-electron chi connectivity index (χ3n) is 6.13. The maximum Gasteiger partial charge on any atom is 0.254 e. The van der Waals surface area contributed by atoms with E-state index in [-0.39, 0.29) is 17.7 Å². The van der Waals surface area contributed by atoms with Gasteiger partial charge in [0, 0.05) is 36.3 Å². The average Bonchev–Trinajstić information content (AvgIpc) is 2.90. The maximum atomic E-state index is 13.0. The van der Waals surface area contributed by atoms with Gasteiger partial charge in [-0.1, -0.05) is 17.7 Å². The molecule has 0 unspecified atom stereocenters. The second-order valence-electron chi connectivity index (χ2n) is 8.60. The third kappa shape index (κ3) is 6.12. The minimum atomic E-state index is -0.151. The highest BCUT2D eigenvalue weighted by molar-refractivity contribution is 5.96. The van der Waals surface area contributed by atoms with Gasteiger partial charge in [0.1, 0.15) is 23.0 Å². The number of aryl methyl sites for hydroxylation is 1. The normalized spacial score (nSPS) is 13.7. The van der Waals surface area contributed by atoms with Crippen LogP contribution in [-0.4, -0.2) is 44.0 Å². The van der Waals surface area contributed by atoms with Crippen LogP contribution in [-0.2, 0) is 4.79 Å². The molecular weight excluding hydrogens is 444 g/mol. The number of hydrogen-bond donors (Lipinski definition) is 1. The first-order valence-electron chi connectivity index (χ1n) is 11.6. The number of benzene rings is 3. The molecule has 1 heterocycles. The molecule has 1 aliphatic rings. The number of carbonyl (C=O) groups excluding carboxylic acids is 2. The maximum absolute atomic E-state index is 13.0. The van der Waals surface area contributed by atoms with E-state index < -0.39 is 0 Å². The molecule has 7 nitrogen and oxygen atoms in total. The fraction of sp³-hybridized carbons (Fsp3) is 0.286. The number of carbonyl (C=O) groups is 2. The molecule has 1 aliphatic heterocycles. The number of anilines is 1. The highest BCUT2D eigenvalue weighted by Gasteiger charge is 2.28. The van der Waals surface area contributed by atoms with Crippen molar-refractivity contribution >= 4 is 17.5 Å². The molecule has 7 heteroatoms. The van der Waals surface area contributed by atoms with Crippen molar-refractivity contribution in [1.29, 1.82) is 0 Å². The van der Waals surface area contributed by atoms with E-state index in [2.05, 4.69) is 5.32 Å². The molecule has 35 heavy (non-hydrogen) atoms. The fourth-order valence-electron chi connectivity index (χ4n) is 4.05.